The summed E-state index contributed by atoms with van der Waals surface area (Å²) in [4.78, 5) is 28.4. The van der Waals surface area contributed by atoms with Gasteiger partial charge >= 0.3 is 0 Å². The molecule has 1 unspecified atom stereocenters. The van der Waals surface area contributed by atoms with Crippen LogP contribution in [0.4, 0.5) is 0 Å². The Morgan fingerprint density at radius 1 is 1.13 bits per heavy atom. The minimum absolute atomic E-state index is 0.00473. The number of aliphatic hydroxyl groups excluding tert-OH is 1. The second-order valence-electron chi connectivity index (χ2n) is 6.91. The predicted molar refractivity (Wildman–Crippen MR) is 122 cm³/mol. The fourth-order valence-electron chi connectivity index (χ4n) is 3.57. The zero-order valence-electron chi connectivity index (χ0n) is 16.3. The number of hydrogen-bond donors (Lipinski definition) is 1. The van der Waals surface area contributed by atoms with E-state index in [0.717, 1.165) is 4.88 Å². The highest BCUT2D eigenvalue weighted by Crippen LogP contribution is 2.41. The van der Waals surface area contributed by atoms with E-state index in [-0.39, 0.29) is 22.9 Å². The number of rotatable bonds is 5. The lowest BCUT2D eigenvalue weighted by molar-refractivity contribution is -0.140. The summed E-state index contributed by atoms with van der Waals surface area (Å²) in [5.74, 6) is -1.28. The molecule has 0 spiro atoms. The maximum atomic E-state index is 13.0. The largest absolute Gasteiger partial charge is 0.507 e. The maximum Gasteiger partial charge on any atom is 0.295 e. The van der Waals surface area contributed by atoms with Gasteiger partial charge in [0.1, 0.15) is 11.5 Å². The topological polar surface area (TPSA) is 66.8 Å². The van der Waals surface area contributed by atoms with Crippen molar-refractivity contribution in [2.24, 2.45) is 0 Å². The molecule has 1 fully saturated rings. The molecule has 0 bridgehead atoms. The van der Waals surface area contributed by atoms with E-state index in [1.807, 2.05) is 17.5 Å². The van der Waals surface area contributed by atoms with Gasteiger partial charge in [-0.3, -0.25) is 9.59 Å². The number of hydrogen-bond acceptors (Lipinski definition) is 5. The number of Topliss-reactive ketones (excluding diaryl/α,β-unsaturated/α-hetero) is 1. The summed E-state index contributed by atoms with van der Waals surface area (Å²) in [6, 6.07) is 14.6. The first-order valence-electron chi connectivity index (χ1n) is 9.31. The van der Waals surface area contributed by atoms with Crippen molar-refractivity contribution < 1.29 is 19.4 Å². The van der Waals surface area contributed by atoms with Crippen LogP contribution in [0.1, 0.15) is 22.0 Å². The van der Waals surface area contributed by atoms with Crippen molar-refractivity contribution in [3.05, 3.63) is 91.6 Å². The molecule has 1 atom stereocenters. The molecule has 4 rings (SSSR count). The second-order valence-corrected chi connectivity index (χ2v) is 8.78. The van der Waals surface area contributed by atoms with E-state index >= 15 is 0 Å². The molecule has 5 nitrogen and oxygen atoms in total. The van der Waals surface area contributed by atoms with Crippen LogP contribution in [-0.4, -0.2) is 28.8 Å². The summed E-state index contributed by atoms with van der Waals surface area (Å²) in [5.41, 5.74) is 0.991. The molecule has 0 aliphatic carbocycles. The number of ketones is 1. The number of ether oxygens (including phenoxy) is 1. The van der Waals surface area contributed by atoms with Crippen molar-refractivity contribution in [3.63, 3.8) is 0 Å². The first-order valence-corrected chi connectivity index (χ1v) is 10.9. The van der Waals surface area contributed by atoms with Gasteiger partial charge in [0.05, 0.1) is 30.3 Å². The van der Waals surface area contributed by atoms with Crippen LogP contribution in [0.2, 0.25) is 10.0 Å². The summed E-state index contributed by atoms with van der Waals surface area (Å²) in [5, 5.41) is 13.8. The van der Waals surface area contributed by atoms with E-state index in [1.54, 1.807) is 36.4 Å². The summed E-state index contributed by atoms with van der Waals surface area (Å²) < 4.78 is 5.15. The van der Waals surface area contributed by atoms with Gasteiger partial charge in [-0.1, -0.05) is 41.4 Å². The quantitative estimate of drug-likeness (QED) is 0.293. The maximum absolute atomic E-state index is 13.0. The molecule has 3 aromatic rings. The van der Waals surface area contributed by atoms with Gasteiger partial charge in [0.15, 0.2) is 0 Å². The molecule has 1 aliphatic rings. The molecule has 158 valence electrons. The molecule has 1 amide bonds. The van der Waals surface area contributed by atoms with Gasteiger partial charge in [-0.25, -0.2) is 0 Å². The summed E-state index contributed by atoms with van der Waals surface area (Å²) in [6.07, 6.45) is 0. The Labute approximate surface area is 193 Å². The number of amides is 1. The highest BCUT2D eigenvalue weighted by Gasteiger charge is 2.46. The highest BCUT2D eigenvalue weighted by atomic mass is 35.5. The normalized spacial score (nSPS) is 17.9. The van der Waals surface area contributed by atoms with E-state index in [4.69, 9.17) is 27.9 Å². The number of carbonyl (C=O) groups excluding carboxylic acids is 2. The van der Waals surface area contributed by atoms with Gasteiger partial charge in [0.2, 0.25) is 0 Å². The third kappa shape index (κ3) is 4.06. The van der Waals surface area contributed by atoms with Crippen molar-refractivity contribution in [1.29, 1.82) is 0 Å². The van der Waals surface area contributed by atoms with Crippen molar-refractivity contribution in [2.45, 2.75) is 12.6 Å². The van der Waals surface area contributed by atoms with Crippen LogP contribution in [0.25, 0.3) is 5.76 Å². The SMILES string of the molecule is COc1ccc(/C(O)=C2/C(=O)C(=O)N(Cc3cccs3)C2c2ccc(Cl)cc2)cc1Cl. The zero-order chi connectivity index (χ0) is 22.1. The molecule has 1 aliphatic heterocycles. The van der Waals surface area contributed by atoms with E-state index in [0.29, 0.717) is 21.9 Å². The number of likely N-dealkylation sites (tertiary alicyclic amines) is 1. The molecule has 2 heterocycles. The minimum atomic E-state index is -0.764. The minimum Gasteiger partial charge on any atom is -0.507 e. The van der Waals surface area contributed by atoms with Crippen molar-refractivity contribution in [3.8, 4) is 5.75 Å². The van der Waals surface area contributed by atoms with Crippen molar-refractivity contribution >= 4 is 52.0 Å². The fraction of sp³-hybridized carbons (Fsp3) is 0.130. The number of halogens is 2. The number of nitrogens with zero attached hydrogens (tertiary/aromatic N) is 1. The summed E-state index contributed by atoms with van der Waals surface area (Å²) in [7, 11) is 1.48. The second kappa shape index (κ2) is 8.75. The van der Waals surface area contributed by atoms with Crippen LogP contribution in [0.15, 0.2) is 65.6 Å². The van der Waals surface area contributed by atoms with Gasteiger partial charge in [0, 0.05) is 15.5 Å². The standard InChI is InChI=1S/C23H17Cl2NO4S/c1-30-18-9-6-14(11-17(18)25)21(27)19-20(13-4-7-15(24)8-5-13)26(23(29)22(19)28)12-16-3-2-10-31-16/h2-11,20,27H,12H2,1H3/b21-19-. The third-order valence-corrected chi connectivity index (χ3v) is 6.47. The number of aliphatic hydroxyl groups is 1. The molecule has 1 aromatic heterocycles. The van der Waals surface area contributed by atoms with E-state index in [1.165, 1.54) is 29.4 Å². The number of carbonyl (C=O) groups is 2. The average Bonchev–Trinajstić information content (AvgIpc) is 3.36. The van der Waals surface area contributed by atoms with Crippen LogP contribution in [0.3, 0.4) is 0 Å². The Morgan fingerprint density at radius 2 is 1.87 bits per heavy atom. The molecule has 1 saturated heterocycles. The van der Waals surface area contributed by atoms with Crippen LogP contribution < -0.4 is 4.74 Å². The molecular weight excluding hydrogens is 457 g/mol. The van der Waals surface area contributed by atoms with Crippen LogP contribution in [-0.2, 0) is 16.1 Å². The van der Waals surface area contributed by atoms with Crippen LogP contribution in [0.5, 0.6) is 5.75 Å². The molecule has 0 radical (unpaired) electrons. The molecular formula is C23H17Cl2NO4S. The molecule has 0 saturated carbocycles. The smallest absolute Gasteiger partial charge is 0.295 e. The number of methoxy groups -OCH3 is 1. The molecule has 1 N–H and O–H groups in total. The number of thiophene rings is 1. The molecule has 8 heteroatoms. The van der Waals surface area contributed by atoms with E-state index in [2.05, 4.69) is 0 Å². The first kappa shape index (κ1) is 21.4. The summed E-state index contributed by atoms with van der Waals surface area (Å²) >= 11 is 13.7. The Balaban J connectivity index is 1.86. The van der Waals surface area contributed by atoms with Gasteiger partial charge in [-0.15, -0.1) is 11.3 Å². The Hall–Kier alpha value is -2.80. The third-order valence-electron chi connectivity index (χ3n) is 5.06. The predicted octanol–water partition coefficient (Wildman–Crippen LogP) is 5.69. The Morgan fingerprint density at radius 3 is 2.48 bits per heavy atom. The zero-order valence-corrected chi connectivity index (χ0v) is 18.7. The monoisotopic (exact) mass is 473 g/mol. The van der Waals surface area contributed by atoms with E-state index in [9.17, 15) is 14.7 Å². The molecule has 2 aromatic carbocycles. The van der Waals surface area contributed by atoms with Crippen molar-refractivity contribution in [2.75, 3.05) is 7.11 Å². The average molecular weight is 474 g/mol. The lowest BCUT2D eigenvalue weighted by atomic mass is 9.95. The van der Waals surface area contributed by atoms with Gasteiger partial charge in [-0.2, -0.15) is 0 Å². The van der Waals surface area contributed by atoms with Gasteiger partial charge in [-0.05, 0) is 47.3 Å². The van der Waals surface area contributed by atoms with Crippen molar-refractivity contribution in [1.82, 2.24) is 4.90 Å². The van der Waals surface area contributed by atoms with Crippen LogP contribution >= 0.6 is 34.5 Å². The van der Waals surface area contributed by atoms with Gasteiger partial charge in [0.25, 0.3) is 11.7 Å². The van der Waals surface area contributed by atoms with Gasteiger partial charge < -0.3 is 14.7 Å². The number of benzene rings is 2. The lowest BCUT2D eigenvalue weighted by Crippen LogP contribution is -2.28. The van der Waals surface area contributed by atoms with Crippen LogP contribution in [0, 0.1) is 0 Å². The summed E-state index contributed by atoms with van der Waals surface area (Å²) in [6.45, 7) is 0.246. The Kier molecular flexibility index (Phi) is 6.05. The Bertz CT molecular complexity index is 1170. The first-order chi connectivity index (χ1) is 14.9. The molecule has 31 heavy (non-hydrogen) atoms. The highest BCUT2D eigenvalue weighted by molar-refractivity contribution is 7.09. The fourth-order valence-corrected chi connectivity index (χ4v) is 4.66. The lowest BCUT2D eigenvalue weighted by Gasteiger charge is -2.25. The van der Waals surface area contributed by atoms with E-state index < -0.39 is 17.7 Å².